The molecule has 1 aromatic rings. The van der Waals surface area contributed by atoms with Gasteiger partial charge in [0.15, 0.2) is 0 Å². The molecule has 3 rings (SSSR count). The number of ether oxygens (including phenoxy) is 1. The van der Waals surface area contributed by atoms with Crippen LogP contribution in [0.4, 0.5) is 0 Å². The van der Waals surface area contributed by atoms with Crippen molar-refractivity contribution in [3.05, 3.63) is 20.8 Å². The Labute approximate surface area is 109 Å². The van der Waals surface area contributed by atoms with Crippen LogP contribution in [0.15, 0.2) is 15.9 Å². The third-order valence-corrected chi connectivity index (χ3v) is 5.02. The molecule has 2 nitrogen and oxygen atoms in total. The second-order valence-corrected chi connectivity index (χ2v) is 7.16. The molecule has 4 heteroatoms. The highest BCUT2D eigenvalue weighted by Gasteiger charge is 2.32. The Hall–Kier alpha value is 0.1000. The summed E-state index contributed by atoms with van der Waals surface area (Å²) >= 11 is 5.32. The maximum atomic E-state index is 5.87. The van der Waals surface area contributed by atoms with Gasteiger partial charge in [0, 0.05) is 30.0 Å². The highest BCUT2D eigenvalue weighted by atomic mass is 79.9. The lowest BCUT2D eigenvalue weighted by Gasteiger charge is -2.17. The van der Waals surface area contributed by atoms with E-state index in [1.807, 2.05) is 0 Å². The Bertz CT molecular complexity index is 364. The topological polar surface area (TPSA) is 21.3 Å². The molecule has 0 radical (unpaired) electrons. The van der Waals surface area contributed by atoms with Gasteiger partial charge in [0.2, 0.25) is 0 Å². The molecular formula is C12H16BrNOS. The Balaban J connectivity index is 1.63. The van der Waals surface area contributed by atoms with Crippen molar-refractivity contribution in [1.29, 1.82) is 0 Å². The summed E-state index contributed by atoms with van der Waals surface area (Å²) in [6, 6.07) is 5.11. The molecule has 1 aliphatic heterocycles. The number of rotatable bonds is 4. The number of hydrogen-bond acceptors (Lipinski definition) is 3. The highest BCUT2D eigenvalue weighted by Crippen LogP contribution is 2.39. The van der Waals surface area contributed by atoms with Crippen molar-refractivity contribution in [3.63, 3.8) is 0 Å². The van der Waals surface area contributed by atoms with Gasteiger partial charge >= 0.3 is 0 Å². The van der Waals surface area contributed by atoms with E-state index in [9.17, 15) is 0 Å². The summed E-state index contributed by atoms with van der Waals surface area (Å²) in [5.74, 6) is 0.658. The summed E-state index contributed by atoms with van der Waals surface area (Å²) in [4.78, 5) is 1.37. The average molecular weight is 302 g/mol. The second kappa shape index (κ2) is 4.77. The predicted molar refractivity (Wildman–Crippen MR) is 69.8 cm³/mol. The second-order valence-electron chi connectivity index (χ2n) is 4.66. The largest absolute Gasteiger partial charge is 0.372 e. The molecule has 0 amide bonds. The fraction of sp³-hybridized carbons (Fsp3) is 0.667. The summed E-state index contributed by atoms with van der Waals surface area (Å²) in [7, 11) is 0. The molecule has 1 aliphatic carbocycles. The minimum absolute atomic E-state index is 0.322. The van der Waals surface area contributed by atoms with Crippen LogP contribution in [-0.4, -0.2) is 19.2 Å². The average Bonchev–Trinajstić information content (AvgIpc) is 2.82. The van der Waals surface area contributed by atoms with Gasteiger partial charge < -0.3 is 10.1 Å². The van der Waals surface area contributed by atoms with Gasteiger partial charge in [0.05, 0.1) is 9.89 Å². The van der Waals surface area contributed by atoms with Crippen LogP contribution in [0.1, 0.15) is 30.2 Å². The highest BCUT2D eigenvalue weighted by molar-refractivity contribution is 9.11. The molecule has 88 valence electrons. The van der Waals surface area contributed by atoms with Gasteiger partial charge in [-0.25, -0.2) is 0 Å². The summed E-state index contributed by atoms with van der Waals surface area (Å²) < 4.78 is 7.07. The molecule has 1 saturated heterocycles. The Morgan fingerprint density at radius 2 is 2.25 bits per heavy atom. The van der Waals surface area contributed by atoms with Gasteiger partial charge in [-0.3, -0.25) is 0 Å². The van der Waals surface area contributed by atoms with Crippen molar-refractivity contribution in [3.8, 4) is 0 Å². The minimum Gasteiger partial charge on any atom is -0.372 e. The van der Waals surface area contributed by atoms with Crippen LogP contribution in [0.5, 0.6) is 0 Å². The summed E-state index contributed by atoms with van der Waals surface area (Å²) in [6.07, 6.45) is 4.24. The van der Waals surface area contributed by atoms with Crippen LogP contribution in [-0.2, 0) is 4.74 Å². The molecule has 2 heterocycles. The first kappa shape index (κ1) is 11.2. The van der Waals surface area contributed by atoms with Crippen molar-refractivity contribution in [2.45, 2.75) is 31.4 Å². The summed E-state index contributed by atoms with van der Waals surface area (Å²) in [5.41, 5.74) is 0. The van der Waals surface area contributed by atoms with Gasteiger partial charge in [-0.1, -0.05) is 0 Å². The van der Waals surface area contributed by atoms with Gasteiger partial charge in [0.1, 0.15) is 0 Å². The molecule has 0 bridgehead atoms. The first-order valence-corrected chi connectivity index (χ1v) is 7.54. The van der Waals surface area contributed by atoms with Gasteiger partial charge in [-0.2, -0.15) is 0 Å². The van der Waals surface area contributed by atoms with Gasteiger partial charge in [-0.15, -0.1) is 11.3 Å². The predicted octanol–water partition coefficient (Wildman–Crippen LogP) is 3.34. The summed E-state index contributed by atoms with van der Waals surface area (Å²) in [6.45, 7) is 2.03. The standard InChI is InChI=1S/C12H16BrNOS/c13-11-4-3-10(16-11)12-8(5-6-15-12)7-14-9-1-2-9/h3-4,8-9,12,14H,1-2,5-7H2. The molecule has 16 heavy (non-hydrogen) atoms. The van der Waals surface area contributed by atoms with E-state index in [1.54, 1.807) is 11.3 Å². The smallest absolute Gasteiger partial charge is 0.0958 e. The SMILES string of the molecule is Brc1ccc(C2OCCC2CNC2CC2)s1. The summed E-state index contributed by atoms with van der Waals surface area (Å²) in [5, 5.41) is 3.62. The van der Waals surface area contributed by atoms with E-state index in [4.69, 9.17) is 4.74 Å². The fourth-order valence-corrected chi connectivity index (χ4v) is 3.81. The number of thiophene rings is 1. The van der Waals surface area contributed by atoms with Crippen LogP contribution in [0.25, 0.3) is 0 Å². The third-order valence-electron chi connectivity index (χ3n) is 3.33. The zero-order chi connectivity index (χ0) is 11.0. The van der Waals surface area contributed by atoms with E-state index in [0.29, 0.717) is 12.0 Å². The van der Waals surface area contributed by atoms with Crippen molar-refractivity contribution in [1.82, 2.24) is 5.32 Å². The first-order chi connectivity index (χ1) is 7.83. The van der Waals surface area contributed by atoms with Gasteiger partial charge in [-0.05, 0) is 47.3 Å². The van der Waals surface area contributed by atoms with Crippen molar-refractivity contribution >= 4 is 27.3 Å². The van der Waals surface area contributed by atoms with E-state index < -0.39 is 0 Å². The number of hydrogen-bond donors (Lipinski definition) is 1. The number of halogens is 1. The lowest BCUT2D eigenvalue weighted by atomic mass is 10.0. The lowest BCUT2D eigenvalue weighted by molar-refractivity contribution is 0.0933. The molecule has 2 atom stereocenters. The molecule has 2 fully saturated rings. The van der Waals surface area contributed by atoms with E-state index in [0.717, 1.165) is 19.2 Å². The van der Waals surface area contributed by atoms with Crippen molar-refractivity contribution < 1.29 is 4.74 Å². The maximum absolute atomic E-state index is 5.87. The van der Waals surface area contributed by atoms with E-state index in [1.165, 1.54) is 27.9 Å². The van der Waals surface area contributed by atoms with Crippen LogP contribution < -0.4 is 5.32 Å². The van der Waals surface area contributed by atoms with Crippen molar-refractivity contribution in [2.24, 2.45) is 5.92 Å². The molecule has 0 aromatic carbocycles. The number of nitrogens with one attached hydrogen (secondary N) is 1. The molecule has 1 aromatic heterocycles. The minimum atomic E-state index is 0.322. The van der Waals surface area contributed by atoms with Gasteiger partial charge in [0.25, 0.3) is 0 Å². The zero-order valence-corrected chi connectivity index (χ0v) is 11.5. The Kier molecular flexibility index (Phi) is 3.34. The van der Waals surface area contributed by atoms with Crippen LogP contribution in [0.2, 0.25) is 0 Å². The van der Waals surface area contributed by atoms with Crippen LogP contribution in [0, 0.1) is 5.92 Å². The molecule has 1 saturated carbocycles. The van der Waals surface area contributed by atoms with E-state index >= 15 is 0 Å². The quantitative estimate of drug-likeness (QED) is 0.921. The molecular weight excluding hydrogens is 286 g/mol. The Morgan fingerprint density at radius 1 is 1.38 bits per heavy atom. The molecule has 1 N–H and O–H groups in total. The normalized spacial score (nSPS) is 29.8. The zero-order valence-electron chi connectivity index (χ0n) is 9.12. The molecule has 2 aliphatic rings. The third kappa shape index (κ3) is 2.50. The maximum Gasteiger partial charge on any atom is 0.0958 e. The molecule has 0 spiro atoms. The molecule has 2 unspecified atom stereocenters. The van der Waals surface area contributed by atoms with Crippen molar-refractivity contribution in [2.75, 3.05) is 13.2 Å². The van der Waals surface area contributed by atoms with Crippen LogP contribution >= 0.6 is 27.3 Å². The first-order valence-electron chi connectivity index (χ1n) is 5.93. The Morgan fingerprint density at radius 3 is 2.94 bits per heavy atom. The van der Waals surface area contributed by atoms with E-state index in [2.05, 4.69) is 33.4 Å². The van der Waals surface area contributed by atoms with E-state index in [-0.39, 0.29) is 0 Å². The monoisotopic (exact) mass is 301 g/mol. The fourth-order valence-electron chi connectivity index (χ4n) is 2.24. The lowest BCUT2D eigenvalue weighted by Crippen LogP contribution is -2.26. The van der Waals surface area contributed by atoms with Crippen LogP contribution in [0.3, 0.4) is 0 Å².